The Morgan fingerprint density at radius 1 is 1.53 bits per heavy atom. The summed E-state index contributed by atoms with van der Waals surface area (Å²) in [5.74, 6) is 1.08. The molecular weight excluding hydrogens is 256 g/mol. The second-order valence-electron chi connectivity index (χ2n) is 5.03. The van der Waals surface area contributed by atoms with Gasteiger partial charge in [-0.15, -0.1) is 11.8 Å². The summed E-state index contributed by atoms with van der Waals surface area (Å²) in [6.45, 7) is 6.87. The number of hydrogen-bond donors (Lipinski definition) is 1. The molecule has 1 aromatic heterocycles. The van der Waals surface area contributed by atoms with Gasteiger partial charge in [0.05, 0.1) is 16.8 Å². The lowest BCUT2D eigenvalue weighted by Crippen LogP contribution is -2.40. The first-order chi connectivity index (χ1) is 9.00. The summed E-state index contributed by atoms with van der Waals surface area (Å²) in [6, 6.07) is 4.48. The Balaban J connectivity index is 2.25. The lowest BCUT2D eigenvalue weighted by molar-refractivity contribution is 0.415. The summed E-state index contributed by atoms with van der Waals surface area (Å²) in [7, 11) is 1.98. The molecule has 19 heavy (non-hydrogen) atoms. The first-order valence-electron chi connectivity index (χ1n) is 6.80. The Morgan fingerprint density at radius 3 is 2.79 bits per heavy atom. The van der Waals surface area contributed by atoms with Gasteiger partial charge in [-0.2, -0.15) is 10.4 Å². The molecule has 0 bridgehead atoms. The quantitative estimate of drug-likeness (QED) is 0.587. The number of aromatic nitrogens is 2. The van der Waals surface area contributed by atoms with Gasteiger partial charge in [0, 0.05) is 7.05 Å². The van der Waals surface area contributed by atoms with Crippen LogP contribution in [-0.4, -0.2) is 27.6 Å². The largest absolute Gasteiger partial charge is 0.300 e. The predicted molar refractivity (Wildman–Crippen MR) is 80.2 cm³/mol. The third-order valence-electron chi connectivity index (χ3n) is 3.09. The van der Waals surface area contributed by atoms with Crippen LogP contribution in [0.25, 0.3) is 0 Å². The van der Waals surface area contributed by atoms with E-state index in [0.29, 0.717) is 0 Å². The number of nitriles is 1. The van der Waals surface area contributed by atoms with Gasteiger partial charge in [0.15, 0.2) is 0 Å². The van der Waals surface area contributed by atoms with Gasteiger partial charge >= 0.3 is 0 Å². The normalized spacial score (nSPS) is 14.1. The molecule has 0 aliphatic heterocycles. The van der Waals surface area contributed by atoms with Gasteiger partial charge in [-0.3, -0.25) is 10.00 Å². The van der Waals surface area contributed by atoms with Crippen molar-refractivity contribution in [2.24, 2.45) is 7.05 Å². The van der Waals surface area contributed by atoms with E-state index >= 15 is 0 Å². The third-order valence-corrected chi connectivity index (χ3v) is 4.26. The Morgan fingerprint density at radius 2 is 2.26 bits per heavy atom. The second-order valence-corrected chi connectivity index (χ2v) is 6.14. The molecular formula is C14H24N4S. The van der Waals surface area contributed by atoms with E-state index < -0.39 is 0 Å². The van der Waals surface area contributed by atoms with E-state index in [4.69, 9.17) is 5.26 Å². The topological polar surface area (TPSA) is 53.6 Å². The number of nitrogens with one attached hydrogen (secondary N) is 1. The summed E-state index contributed by atoms with van der Waals surface area (Å²) in [5, 5.41) is 18.0. The molecule has 4 nitrogen and oxygen atoms in total. The molecule has 1 rings (SSSR count). The summed E-state index contributed by atoms with van der Waals surface area (Å²) < 4.78 is 1.93. The highest BCUT2D eigenvalue weighted by atomic mass is 32.2. The molecule has 1 unspecified atom stereocenters. The first-order valence-corrected chi connectivity index (χ1v) is 7.79. The summed E-state index contributed by atoms with van der Waals surface area (Å²) in [4.78, 5) is 0. The average Bonchev–Trinajstić information content (AvgIpc) is 2.68. The highest BCUT2D eigenvalue weighted by Crippen LogP contribution is 2.21. The molecule has 1 atom stereocenters. The zero-order valence-electron chi connectivity index (χ0n) is 12.4. The fraction of sp³-hybridized carbons (Fsp3) is 0.714. The number of aryl methyl sites for hydroxylation is 2. The van der Waals surface area contributed by atoms with Crippen molar-refractivity contribution in [2.75, 3.05) is 12.3 Å². The van der Waals surface area contributed by atoms with Gasteiger partial charge in [-0.05, 0) is 51.5 Å². The van der Waals surface area contributed by atoms with Crippen LogP contribution < -0.4 is 5.32 Å². The van der Waals surface area contributed by atoms with E-state index in [1.165, 1.54) is 5.03 Å². The lowest BCUT2D eigenvalue weighted by atomic mass is 9.97. The van der Waals surface area contributed by atoms with Crippen molar-refractivity contribution < 1.29 is 0 Å². The minimum absolute atomic E-state index is 0.372. The molecule has 0 aliphatic carbocycles. The fourth-order valence-corrected chi connectivity index (χ4v) is 3.09. The first kappa shape index (κ1) is 16.1. The molecule has 1 N–H and O–H groups in total. The highest BCUT2D eigenvalue weighted by Gasteiger charge is 2.21. The van der Waals surface area contributed by atoms with E-state index in [9.17, 15) is 0 Å². The van der Waals surface area contributed by atoms with Crippen LogP contribution in [0.3, 0.4) is 0 Å². The second kappa shape index (κ2) is 7.56. The van der Waals surface area contributed by atoms with Gasteiger partial charge < -0.3 is 0 Å². The maximum atomic E-state index is 9.16. The van der Waals surface area contributed by atoms with Crippen LogP contribution in [0.2, 0.25) is 0 Å². The summed E-state index contributed by atoms with van der Waals surface area (Å²) >= 11 is 1.84. The zero-order chi connectivity index (χ0) is 14.3. The van der Waals surface area contributed by atoms with E-state index in [0.717, 1.165) is 37.3 Å². The maximum absolute atomic E-state index is 9.16. The number of thioether (sulfide) groups is 1. The molecule has 0 radical (unpaired) electrons. The van der Waals surface area contributed by atoms with Crippen molar-refractivity contribution in [2.45, 2.75) is 50.6 Å². The minimum Gasteiger partial charge on any atom is -0.300 e. The lowest BCUT2D eigenvalue weighted by Gasteiger charge is -2.22. The maximum Gasteiger partial charge on any atom is 0.103 e. The van der Waals surface area contributed by atoms with E-state index in [-0.39, 0.29) is 5.54 Å². The molecule has 0 spiro atoms. The Labute approximate surface area is 120 Å². The minimum atomic E-state index is -0.372. The number of rotatable bonds is 8. The Hall–Kier alpha value is -0.990. The number of hydrogen-bond acceptors (Lipinski definition) is 4. The molecule has 0 aromatic carbocycles. The fourth-order valence-electron chi connectivity index (χ4n) is 2.05. The van der Waals surface area contributed by atoms with E-state index in [1.807, 2.05) is 44.3 Å². The molecule has 0 fully saturated rings. The molecule has 0 saturated heterocycles. The van der Waals surface area contributed by atoms with Crippen molar-refractivity contribution in [1.82, 2.24) is 15.1 Å². The van der Waals surface area contributed by atoms with Gasteiger partial charge in [0.25, 0.3) is 0 Å². The van der Waals surface area contributed by atoms with Crippen LogP contribution in [0.15, 0.2) is 11.1 Å². The van der Waals surface area contributed by atoms with Crippen LogP contribution in [-0.2, 0) is 7.05 Å². The highest BCUT2D eigenvalue weighted by molar-refractivity contribution is 7.99. The van der Waals surface area contributed by atoms with Gasteiger partial charge in [0.1, 0.15) is 5.54 Å². The molecule has 1 aromatic rings. The van der Waals surface area contributed by atoms with Crippen molar-refractivity contribution in [3.63, 3.8) is 0 Å². The van der Waals surface area contributed by atoms with Crippen LogP contribution in [0.4, 0.5) is 0 Å². The van der Waals surface area contributed by atoms with E-state index in [2.05, 4.69) is 22.6 Å². The predicted octanol–water partition coefficient (Wildman–Crippen LogP) is 2.88. The molecule has 0 saturated carbocycles. The molecule has 106 valence electrons. The molecule has 1 heterocycles. The van der Waals surface area contributed by atoms with Gasteiger partial charge in [-0.25, -0.2) is 0 Å². The van der Waals surface area contributed by atoms with Gasteiger partial charge in [0.2, 0.25) is 0 Å². The van der Waals surface area contributed by atoms with E-state index in [1.54, 1.807) is 0 Å². The Bertz CT molecular complexity index is 435. The standard InChI is InChI=1S/C14H24N4S/c1-5-16-14(3,11-15)8-6-7-9-19-13-10-12(2)17-18(13)4/h10,16H,5-9H2,1-4H3. The monoisotopic (exact) mass is 280 g/mol. The molecule has 0 aliphatic rings. The third kappa shape index (κ3) is 5.25. The molecule has 0 amide bonds. The smallest absolute Gasteiger partial charge is 0.103 e. The summed E-state index contributed by atoms with van der Waals surface area (Å²) in [6.07, 6.45) is 3.10. The van der Waals surface area contributed by atoms with Crippen LogP contribution in [0.5, 0.6) is 0 Å². The van der Waals surface area contributed by atoms with Crippen LogP contribution in [0.1, 0.15) is 38.8 Å². The van der Waals surface area contributed by atoms with Crippen LogP contribution in [0, 0.1) is 18.3 Å². The number of nitrogens with zero attached hydrogens (tertiary/aromatic N) is 3. The van der Waals surface area contributed by atoms with Crippen LogP contribution >= 0.6 is 11.8 Å². The van der Waals surface area contributed by atoms with Crippen molar-refractivity contribution in [3.05, 3.63) is 11.8 Å². The van der Waals surface area contributed by atoms with Crippen molar-refractivity contribution >= 4 is 11.8 Å². The van der Waals surface area contributed by atoms with Crippen molar-refractivity contribution in [1.29, 1.82) is 5.26 Å². The van der Waals surface area contributed by atoms with Gasteiger partial charge in [-0.1, -0.05) is 6.92 Å². The zero-order valence-corrected chi connectivity index (χ0v) is 13.2. The SMILES string of the molecule is CCNC(C)(C#N)CCCCSc1cc(C)nn1C. The number of unbranched alkanes of at least 4 members (excludes halogenated alkanes) is 1. The average molecular weight is 280 g/mol. The Kier molecular flexibility index (Phi) is 6.40. The molecule has 5 heteroatoms. The summed E-state index contributed by atoms with van der Waals surface area (Å²) in [5.41, 5.74) is 0.692. The van der Waals surface area contributed by atoms with Crippen molar-refractivity contribution in [3.8, 4) is 6.07 Å².